The Labute approximate surface area is 151 Å². The van der Waals surface area contributed by atoms with Crippen molar-refractivity contribution in [2.45, 2.75) is 13.0 Å². The summed E-state index contributed by atoms with van der Waals surface area (Å²) in [6, 6.07) is 14.1. The summed E-state index contributed by atoms with van der Waals surface area (Å²) in [5.41, 5.74) is 3.42. The number of quaternary nitrogens is 1. The summed E-state index contributed by atoms with van der Waals surface area (Å²) in [4.78, 5) is 15.7. The first-order valence-electron chi connectivity index (χ1n) is 8.10. The van der Waals surface area contributed by atoms with Gasteiger partial charge in [0.1, 0.15) is 12.3 Å². The molecule has 2 aromatic rings. The van der Waals surface area contributed by atoms with E-state index in [0.717, 1.165) is 45.9 Å². The van der Waals surface area contributed by atoms with Crippen molar-refractivity contribution in [2.24, 2.45) is 0 Å². The molecular weight excluding hydrogens is 368 g/mol. The molecule has 126 valence electrons. The number of halogens is 1. The normalized spacial score (nSPS) is 14.4. The zero-order valence-corrected chi connectivity index (χ0v) is 15.6. The lowest BCUT2D eigenvalue weighted by molar-refractivity contribution is -0.885. The number of ether oxygens (including phenoxy) is 1. The van der Waals surface area contributed by atoms with Crippen molar-refractivity contribution in [1.29, 1.82) is 0 Å². The van der Waals surface area contributed by atoms with E-state index in [9.17, 15) is 4.79 Å². The van der Waals surface area contributed by atoms with Crippen LogP contribution < -0.4 is 14.5 Å². The van der Waals surface area contributed by atoms with Gasteiger partial charge in [-0.05, 0) is 36.2 Å². The summed E-state index contributed by atoms with van der Waals surface area (Å²) in [5, 5.41) is 0. The number of benzene rings is 2. The Morgan fingerprint density at radius 2 is 2.08 bits per heavy atom. The Morgan fingerprint density at radius 1 is 1.29 bits per heavy atom. The molecule has 1 N–H and O–H groups in total. The lowest BCUT2D eigenvalue weighted by Gasteiger charge is -2.21. The van der Waals surface area contributed by atoms with Crippen molar-refractivity contribution in [2.75, 3.05) is 32.1 Å². The van der Waals surface area contributed by atoms with E-state index in [2.05, 4.69) is 28.1 Å². The van der Waals surface area contributed by atoms with Crippen LogP contribution in [0.2, 0.25) is 0 Å². The molecule has 1 aliphatic rings. The first-order valence-corrected chi connectivity index (χ1v) is 8.90. The maximum Gasteiger partial charge on any atom is 0.282 e. The second kappa shape index (κ2) is 7.36. The van der Waals surface area contributed by atoms with Crippen LogP contribution in [0.25, 0.3) is 0 Å². The number of carbonyl (C=O) groups is 1. The third-order valence-corrected chi connectivity index (χ3v) is 4.87. The monoisotopic (exact) mass is 389 g/mol. The van der Waals surface area contributed by atoms with Gasteiger partial charge in [0.15, 0.2) is 6.54 Å². The van der Waals surface area contributed by atoms with E-state index in [1.54, 1.807) is 7.11 Å². The quantitative estimate of drug-likeness (QED) is 0.848. The first-order chi connectivity index (χ1) is 11.6. The van der Waals surface area contributed by atoms with Crippen molar-refractivity contribution < 1.29 is 14.4 Å². The van der Waals surface area contributed by atoms with E-state index in [-0.39, 0.29) is 5.91 Å². The summed E-state index contributed by atoms with van der Waals surface area (Å²) in [6.07, 6.45) is 0.945. The number of hydrogen-bond acceptors (Lipinski definition) is 2. The second-order valence-electron chi connectivity index (χ2n) is 6.19. The molecule has 24 heavy (non-hydrogen) atoms. The predicted octanol–water partition coefficient (Wildman–Crippen LogP) is 2.06. The van der Waals surface area contributed by atoms with Crippen LogP contribution in [0.15, 0.2) is 46.9 Å². The van der Waals surface area contributed by atoms with Crippen LogP contribution in [0, 0.1) is 0 Å². The van der Waals surface area contributed by atoms with Crippen molar-refractivity contribution in [3.63, 3.8) is 0 Å². The van der Waals surface area contributed by atoms with Crippen molar-refractivity contribution in [3.8, 4) is 5.75 Å². The van der Waals surface area contributed by atoms with Crippen LogP contribution in [0.3, 0.4) is 0 Å². The maximum atomic E-state index is 12.7. The molecule has 0 saturated heterocycles. The van der Waals surface area contributed by atoms with Gasteiger partial charge in [0, 0.05) is 22.3 Å². The average Bonchev–Trinajstić information content (AvgIpc) is 2.99. The molecular formula is C19H22BrN2O2+. The van der Waals surface area contributed by atoms with Crippen LogP contribution in [0.1, 0.15) is 11.1 Å². The van der Waals surface area contributed by atoms with Crippen molar-refractivity contribution >= 4 is 27.5 Å². The molecule has 0 saturated carbocycles. The van der Waals surface area contributed by atoms with E-state index >= 15 is 0 Å². The molecule has 1 unspecified atom stereocenters. The Kier molecular flexibility index (Phi) is 5.21. The van der Waals surface area contributed by atoms with Gasteiger partial charge in [0.25, 0.3) is 5.91 Å². The van der Waals surface area contributed by atoms with Gasteiger partial charge in [-0.3, -0.25) is 4.79 Å². The highest BCUT2D eigenvalue weighted by atomic mass is 79.9. The Bertz CT molecular complexity index is 748. The zero-order chi connectivity index (χ0) is 17.1. The molecule has 1 atom stereocenters. The molecule has 1 amide bonds. The van der Waals surface area contributed by atoms with Crippen LogP contribution in [-0.2, 0) is 17.8 Å². The van der Waals surface area contributed by atoms with Crippen LogP contribution >= 0.6 is 15.9 Å². The van der Waals surface area contributed by atoms with Gasteiger partial charge >= 0.3 is 0 Å². The predicted molar refractivity (Wildman–Crippen MR) is 98.7 cm³/mol. The van der Waals surface area contributed by atoms with Gasteiger partial charge in [-0.1, -0.05) is 34.1 Å². The summed E-state index contributed by atoms with van der Waals surface area (Å²) in [5.74, 6) is 1.03. The van der Waals surface area contributed by atoms with Gasteiger partial charge in [0.05, 0.1) is 14.2 Å². The number of hydrogen-bond donors (Lipinski definition) is 1. The summed E-state index contributed by atoms with van der Waals surface area (Å²) in [7, 11) is 3.72. The Balaban J connectivity index is 1.66. The minimum absolute atomic E-state index is 0.173. The lowest BCUT2D eigenvalue weighted by Crippen LogP contribution is -3.08. The molecule has 2 aromatic carbocycles. The number of fused-ring (bicyclic) bond motifs is 1. The number of para-hydroxylation sites is 1. The molecule has 1 aliphatic heterocycles. The first kappa shape index (κ1) is 17.0. The molecule has 0 bridgehead atoms. The van der Waals surface area contributed by atoms with Gasteiger partial charge in [0.2, 0.25) is 0 Å². The number of nitrogens with zero attached hydrogens (tertiary/aromatic N) is 1. The SMILES string of the molecule is COc1ccc(Br)cc1C[NH+](C)CC(=O)N1CCc2ccccc21. The molecule has 1 heterocycles. The molecule has 0 radical (unpaired) electrons. The Hall–Kier alpha value is -1.85. The van der Waals surface area contributed by atoms with Gasteiger partial charge < -0.3 is 14.5 Å². The number of likely N-dealkylation sites (N-methyl/N-ethyl adjacent to an activating group) is 1. The number of amides is 1. The molecule has 0 aliphatic carbocycles. The summed E-state index contributed by atoms with van der Waals surface area (Å²) in [6.45, 7) is 1.99. The van der Waals surface area contributed by atoms with Crippen molar-refractivity contribution in [1.82, 2.24) is 0 Å². The third kappa shape index (κ3) is 3.62. The largest absolute Gasteiger partial charge is 0.496 e. The second-order valence-corrected chi connectivity index (χ2v) is 7.11. The molecule has 0 aromatic heterocycles. The van der Waals surface area contributed by atoms with Gasteiger partial charge in [-0.2, -0.15) is 0 Å². The fraction of sp³-hybridized carbons (Fsp3) is 0.316. The van der Waals surface area contributed by atoms with Crippen molar-refractivity contribution in [3.05, 3.63) is 58.1 Å². The van der Waals surface area contributed by atoms with Gasteiger partial charge in [-0.15, -0.1) is 0 Å². The topological polar surface area (TPSA) is 34.0 Å². The summed E-state index contributed by atoms with van der Waals surface area (Å²) < 4.78 is 6.44. The standard InChI is InChI=1S/C19H21BrN2O2/c1-21(12-15-11-16(20)7-8-18(15)24-2)13-19(23)22-10-9-14-5-3-4-6-17(14)22/h3-8,11H,9-10,12-13H2,1-2H3/p+1. The average molecular weight is 390 g/mol. The molecule has 4 nitrogen and oxygen atoms in total. The molecule has 0 fully saturated rings. The van der Waals surface area contributed by atoms with E-state index in [1.165, 1.54) is 5.56 Å². The van der Waals surface area contributed by atoms with E-state index < -0.39 is 0 Å². The number of nitrogens with one attached hydrogen (secondary N) is 1. The zero-order valence-electron chi connectivity index (χ0n) is 14.0. The molecule has 5 heteroatoms. The lowest BCUT2D eigenvalue weighted by atomic mass is 10.2. The Morgan fingerprint density at radius 3 is 2.88 bits per heavy atom. The fourth-order valence-corrected chi connectivity index (χ4v) is 3.63. The van der Waals surface area contributed by atoms with Crippen LogP contribution in [-0.4, -0.2) is 33.2 Å². The van der Waals surface area contributed by atoms with Crippen LogP contribution in [0.4, 0.5) is 5.69 Å². The highest BCUT2D eigenvalue weighted by molar-refractivity contribution is 9.10. The van der Waals surface area contributed by atoms with E-state index in [4.69, 9.17) is 4.74 Å². The van der Waals surface area contributed by atoms with Gasteiger partial charge in [-0.25, -0.2) is 0 Å². The molecule has 3 rings (SSSR count). The number of methoxy groups -OCH3 is 1. The highest BCUT2D eigenvalue weighted by Crippen LogP contribution is 2.27. The number of rotatable bonds is 5. The fourth-order valence-electron chi connectivity index (χ4n) is 3.22. The smallest absolute Gasteiger partial charge is 0.282 e. The molecule has 0 spiro atoms. The van der Waals surface area contributed by atoms with E-state index in [1.807, 2.05) is 42.3 Å². The highest BCUT2D eigenvalue weighted by Gasteiger charge is 2.26. The minimum Gasteiger partial charge on any atom is -0.496 e. The maximum absolute atomic E-state index is 12.7. The number of carbonyl (C=O) groups excluding carboxylic acids is 1. The van der Waals surface area contributed by atoms with E-state index in [0.29, 0.717) is 6.54 Å². The van der Waals surface area contributed by atoms with Crippen LogP contribution in [0.5, 0.6) is 5.75 Å². The number of anilines is 1. The third-order valence-electron chi connectivity index (χ3n) is 4.38. The summed E-state index contributed by atoms with van der Waals surface area (Å²) >= 11 is 3.50. The minimum atomic E-state index is 0.173.